The monoisotopic (exact) mass is 532 g/mol. The molecule has 9 nitrogen and oxygen atoms in total. The van der Waals surface area contributed by atoms with Gasteiger partial charge in [-0.15, -0.1) is 0 Å². The van der Waals surface area contributed by atoms with Gasteiger partial charge in [-0.25, -0.2) is 13.2 Å². The number of nitrogens with one attached hydrogen (secondary N) is 1. The fraction of sp³-hybridized carbons (Fsp3) is 0.250. The maximum Gasteiger partial charge on any atom is 0.332 e. The van der Waals surface area contributed by atoms with E-state index in [4.69, 9.17) is 10.00 Å². The summed E-state index contributed by atoms with van der Waals surface area (Å²) >= 11 is 0. The van der Waals surface area contributed by atoms with E-state index in [1.807, 2.05) is 57.2 Å². The maximum atomic E-state index is 12.6. The molecule has 1 heterocycles. The number of rotatable bonds is 6. The number of aromatic amines is 1. The van der Waals surface area contributed by atoms with Crippen molar-refractivity contribution >= 4 is 26.5 Å². The highest BCUT2D eigenvalue weighted by Crippen LogP contribution is 2.42. The fourth-order valence-corrected chi connectivity index (χ4v) is 5.17. The first kappa shape index (κ1) is 26.7. The number of ether oxygens (including phenoxy) is 1. The Labute approximate surface area is 220 Å². The van der Waals surface area contributed by atoms with Crippen molar-refractivity contribution in [2.75, 3.05) is 24.2 Å². The minimum Gasteiger partial charge on any atom is -0.496 e. The number of anilines is 1. The number of aromatic nitrogens is 2. The van der Waals surface area contributed by atoms with Gasteiger partial charge in [0, 0.05) is 23.4 Å². The number of H-pyrrole nitrogens is 1. The van der Waals surface area contributed by atoms with Crippen LogP contribution in [0.15, 0.2) is 70.4 Å². The van der Waals surface area contributed by atoms with E-state index >= 15 is 0 Å². The van der Waals surface area contributed by atoms with Gasteiger partial charge in [0.1, 0.15) is 12.3 Å². The summed E-state index contributed by atoms with van der Waals surface area (Å²) < 4.78 is 32.7. The van der Waals surface area contributed by atoms with Crippen LogP contribution in [0, 0.1) is 11.3 Å². The van der Waals surface area contributed by atoms with Crippen molar-refractivity contribution in [2.24, 2.45) is 0 Å². The molecule has 0 atom stereocenters. The second-order valence-corrected chi connectivity index (χ2v) is 11.9. The predicted molar refractivity (Wildman–Crippen MR) is 149 cm³/mol. The summed E-state index contributed by atoms with van der Waals surface area (Å²) in [6.45, 7) is 5.85. The first-order chi connectivity index (χ1) is 17.8. The van der Waals surface area contributed by atoms with Crippen LogP contribution in [0.4, 0.5) is 5.69 Å². The van der Waals surface area contributed by atoms with Gasteiger partial charge in [0.2, 0.25) is 10.0 Å². The van der Waals surface area contributed by atoms with Crippen LogP contribution in [0.25, 0.3) is 27.6 Å². The second kappa shape index (κ2) is 9.84. The van der Waals surface area contributed by atoms with Crippen LogP contribution in [0.3, 0.4) is 0 Å². The molecule has 0 aliphatic carbocycles. The third-order valence-corrected chi connectivity index (χ3v) is 7.37. The van der Waals surface area contributed by atoms with Gasteiger partial charge < -0.3 is 4.74 Å². The number of hydrogen-bond acceptors (Lipinski definition) is 6. The van der Waals surface area contributed by atoms with Gasteiger partial charge in [0.05, 0.1) is 30.8 Å². The Kier molecular flexibility index (Phi) is 6.91. The first-order valence-electron chi connectivity index (χ1n) is 11.8. The van der Waals surface area contributed by atoms with Crippen molar-refractivity contribution in [3.05, 3.63) is 87.2 Å². The summed E-state index contributed by atoms with van der Waals surface area (Å²) in [5, 5.41) is 10.7. The Morgan fingerprint density at radius 2 is 1.71 bits per heavy atom. The highest BCUT2D eigenvalue weighted by Gasteiger charge is 2.24. The van der Waals surface area contributed by atoms with Crippen LogP contribution in [-0.2, 0) is 15.4 Å². The van der Waals surface area contributed by atoms with Gasteiger partial charge in [0.15, 0.2) is 0 Å². The predicted octanol–water partition coefficient (Wildman–Crippen LogP) is 3.94. The minimum absolute atomic E-state index is 0.286. The SMILES string of the molecule is COc1c(-c2ccc3cc(N(CC#N)S(C)(=O)=O)ccc3c2)cc(-n2ccc(=O)[nH]c2=O)cc1C(C)(C)C. The minimum atomic E-state index is -3.62. The largest absolute Gasteiger partial charge is 0.496 e. The molecule has 0 fully saturated rings. The molecule has 0 saturated heterocycles. The van der Waals surface area contributed by atoms with Crippen LogP contribution in [-0.4, -0.2) is 37.9 Å². The molecule has 0 spiro atoms. The van der Waals surface area contributed by atoms with Crippen LogP contribution in [0.2, 0.25) is 0 Å². The Morgan fingerprint density at radius 1 is 1.03 bits per heavy atom. The summed E-state index contributed by atoms with van der Waals surface area (Å²) in [6, 6.07) is 17.8. The molecule has 0 unspecified atom stereocenters. The van der Waals surface area contributed by atoms with Gasteiger partial charge in [0.25, 0.3) is 5.56 Å². The number of nitriles is 1. The van der Waals surface area contributed by atoms with E-state index in [1.54, 1.807) is 25.3 Å². The average Bonchev–Trinajstić information content (AvgIpc) is 2.84. The molecule has 0 aliphatic rings. The molecule has 4 aromatic rings. The zero-order valence-corrected chi connectivity index (χ0v) is 22.6. The molecule has 3 aromatic carbocycles. The van der Waals surface area contributed by atoms with Crippen molar-refractivity contribution in [1.29, 1.82) is 5.26 Å². The van der Waals surface area contributed by atoms with Crippen LogP contribution in [0.1, 0.15) is 26.3 Å². The molecular formula is C28H28N4O5S. The topological polar surface area (TPSA) is 125 Å². The summed E-state index contributed by atoms with van der Waals surface area (Å²) in [4.78, 5) is 26.5. The van der Waals surface area contributed by atoms with Crippen LogP contribution in [0.5, 0.6) is 5.75 Å². The van der Waals surface area contributed by atoms with Crippen LogP contribution >= 0.6 is 0 Å². The van der Waals surface area contributed by atoms with Crippen molar-refractivity contribution in [2.45, 2.75) is 26.2 Å². The van der Waals surface area contributed by atoms with E-state index in [-0.39, 0.29) is 12.0 Å². The Morgan fingerprint density at radius 3 is 2.32 bits per heavy atom. The molecule has 10 heteroatoms. The molecule has 0 bridgehead atoms. The van der Waals surface area contributed by atoms with E-state index in [2.05, 4.69) is 4.98 Å². The van der Waals surface area contributed by atoms with E-state index in [0.717, 1.165) is 38.0 Å². The molecule has 4 rings (SSSR count). The standard InChI is InChI=1S/C28H28N4O5S/c1-28(2,3)24-17-22(31-12-10-25(33)30-27(31)34)16-23(26(24)37-4)20-7-6-19-15-21(9-8-18(19)14-20)32(13-11-29)38(5,35)36/h6-10,12,14-17H,13H2,1-5H3,(H,30,33,34). The molecular weight excluding hydrogens is 504 g/mol. The Balaban J connectivity index is 1.93. The molecule has 1 aromatic heterocycles. The Hall–Kier alpha value is -4.36. The van der Waals surface area contributed by atoms with E-state index in [9.17, 15) is 18.0 Å². The number of nitrogens with zero attached hydrogens (tertiary/aromatic N) is 3. The quantitative estimate of drug-likeness (QED) is 0.375. The lowest BCUT2D eigenvalue weighted by Gasteiger charge is -2.26. The number of methoxy groups -OCH3 is 1. The highest BCUT2D eigenvalue weighted by molar-refractivity contribution is 7.92. The number of hydrogen-bond donors (Lipinski definition) is 1. The summed E-state index contributed by atoms with van der Waals surface area (Å²) in [7, 11) is -2.02. The Bertz CT molecular complexity index is 1810. The third-order valence-electron chi connectivity index (χ3n) is 6.23. The average molecular weight is 533 g/mol. The van der Waals surface area contributed by atoms with E-state index < -0.39 is 21.3 Å². The normalized spacial score (nSPS) is 11.8. The van der Waals surface area contributed by atoms with Crippen molar-refractivity contribution in [3.63, 3.8) is 0 Å². The fourth-order valence-electron chi connectivity index (χ4n) is 4.38. The van der Waals surface area contributed by atoms with E-state index in [1.165, 1.54) is 16.8 Å². The van der Waals surface area contributed by atoms with Gasteiger partial charge >= 0.3 is 5.69 Å². The van der Waals surface area contributed by atoms with Gasteiger partial charge in [-0.05, 0) is 52.1 Å². The highest BCUT2D eigenvalue weighted by atomic mass is 32.2. The van der Waals surface area contributed by atoms with Gasteiger partial charge in [-0.1, -0.05) is 39.0 Å². The molecule has 38 heavy (non-hydrogen) atoms. The third kappa shape index (κ3) is 5.19. The van der Waals surface area contributed by atoms with Gasteiger partial charge in [-0.3, -0.25) is 18.7 Å². The molecule has 1 N–H and O–H groups in total. The number of sulfonamides is 1. The number of benzene rings is 3. The van der Waals surface area contributed by atoms with Crippen molar-refractivity contribution < 1.29 is 13.2 Å². The lowest BCUT2D eigenvalue weighted by Crippen LogP contribution is -2.30. The zero-order chi connectivity index (χ0) is 27.8. The lowest BCUT2D eigenvalue weighted by molar-refractivity contribution is 0.399. The lowest BCUT2D eigenvalue weighted by atomic mass is 9.83. The smallest absolute Gasteiger partial charge is 0.332 e. The molecule has 0 amide bonds. The zero-order valence-electron chi connectivity index (χ0n) is 21.8. The molecule has 196 valence electrons. The van der Waals surface area contributed by atoms with Crippen molar-refractivity contribution in [1.82, 2.24) is 9.55 Å². The van der Waals surface area contributed by atoms with Gasteiger partial charge in [-0.2, -0.15) is 5.26 Å². The van der Waals surface area contributed by atoms with Crippen molar-refractivity contribution in [3.8, 4) is 28.6 Å². The first-order valence-corrected chi connectivity index (χ1v) is 13.6. The molecule has 0 saturated carbocycles. The van der Waals surface area contributed by atoms with E-state index in [0.29, 0.717) is 17.1 Å². The summed E-state index contributed by atoms with van der Waals surface area (Å²) in [6.07, 6.45) is 2.51. The second-order valence-electron chi connectivity index (χ2n) is 9.98. The summed E-state index contributed by atoms with van der Waals surface area (Å²) in [5.41, 5.74) is 2.07. The summed E-state index contributed by atoms with van der Waals surface area (Å²) in [5.74, 6) is 0.659. The maximum absolute atomic E-state index is 12.6. The molecule has 0 radical (unpaired) electrons. The number of fused-ring (bicyclic) bond motifs is 1. The molecule has 0 aliphatic heterocycles. The van der Waals surface area contributed by atoms with Crippen LogP contribution < -0.4 is 20.3 Å².